The van der Waals surface area contributed by atoms with Gasteiger partial charge in [0.25, 0.3) is 0 Å². The van der Waals surface area contributed by atoms with Crippen LogP contribution in [0.3, 0.4) is 0 Å². The van der Waals surface area contributed by atoms with Gasteiger partial charge < -0.3 is 9.64 Å². The van der Waals surface area contributed by atoms with Crippen LogP contribution in [0.25, 0.3) is 0 Å². The molecule has 0 aliphatic heterocycles. The van der Waals surface area contributed by atoms with Crippen LogP contribution >= 0.6 is 0 Å². The molecule has 0 N–H and O–H groups in total. The van der Waals surface area contributed by atoms with Gasteiger partial charge in [0.1, 0.15) is 12.1 Å². The molecule has 1 aliphatic carbocycles. The molecule has 2 aromatic rings. The molecule has 0 spiro atoms. The number of anilines is 1. The molecule has 1 amide bonds. The average Bonchev–Trinajstić information content (AvgIpc) is 2.87. The minimum atomic E-state index is -0.458. The third-order valence-electron chi connectivity index (χ3n) is 5.94. The van der Waals surface area contributed by atoms with E-state index >= 15 is 0 Å². The van der Waals surface area contributed by atoms with E-state index in [1.54, 1.807) is 26.4 Å². The monoisotopic (exact) mass is 464 g/mol. The molecular formula is C26H36N6O2+. The zero-order chi connectivity index (χ0) is 24.4. The Bertz CT molecular complexity index is 990. The van der Waals surface area contributed by atoms with E-state index in [1.807, 2.05) is 36.8 Å². The largest absolute Gasteiger partial charge is 0.528 e. The molecule has 8 heteroatoms. The quantitative estimate of drug-likeness (QED) is 0.421. The van der Waals surface area contributed by atoms with Crippen LogP contribution < -0.4 is 9.38 Å². The van der Waals surface area contributed by atoms with Crippen molar-refractivity contribution >= 4 is 18.0 Å². The van der Waals surface area contributed by atoms with E-state index in [0.29, 0.717) is 30.1 Å². The lowest BCUT2D eigenvalue weighted by molar-refractivity contribution is 0.148. The predicted octanol–water partition coefficient (Wildman–Crippen LogP) is 5.24. The van der Waals surface area contributed by atoms with E-state index in [1.165, 1.54) is 19.2 Å². The van der Waals surface area contributed by atoms with Gasteiger partial charge in [0.15, 0.2) is 0 Å². The lowest BCUT2D eigenvalue weighted by atomic mass is 9.99. The average molecular weight is 465 g/mol. The van der Waals surface area contributed by atoms with Crippen molar-refractivity contribution in [2.75, 3.05) is 25.5 Å². The minimum Gasteiger partial charge on any atom is -0.381 e. The van der Waals surface area contributed by atoms with E-state index in [-0.39, 0.29) is 4.48 Å². The van der Waals surface area contributed by atoms with Gasteiger partial charge >= 0.3 is 12.0 Å². The normalized spacial score (nSPS) is 14.4. The Morgan fingerprint density at radius 1 is 1.21 bits per heavy atom. The topological polar surface area (TPSA) is 81.1 Å². The Balaban J connectivity index is 1.85. The number of hydrogen-bond acceptors (Lipinski definition) is 7. The maximum atomic E-state index is 13.0. The first-order valence-corrected chi connectivity index (χ1v) is 12.0. The van der Waals surface area contributed by atoms with Crippen molar-refractivity contribution in [1.29, 1.82) is 0 Å². The molecule has 34 heavy (non-hydrogen) atoms. The van der Waals surface area contributed by atoms with Gasteiger partial charge in [0.2, 0.25) is 5.95 Å². The molecule has 0 saturated carbocycles. The second-order valence-corrected chi connectivity index (χ2v) is 8.96. The first kappa shape index (κ1) is 25.5. The van der Waals surface area contributed by atoms with E-state index in [9.17, 15) is 4.79 Å². The number of nitrogens with zero attached hydrogens (tertiary/aromatic N) is 6. The Labute approximate surface area is 203 Å². The summed E-state index contributed by atoms with van der Waals surface area (Å²) in [6.45, 7) is 5.83. The van der Waals surface area contributed by atoms with Gasteiger partial charge in [-0.3, -0.25) is 4.98 Å². The molecular weight excluding hydrogens is 428 g/mol. The number of unbranched alkanes of at least 4 members (excludes halogenated alkanes) is 1. The van der Waals surface area contributed by atoms with Gasteiger partial charge in [-0.25, -0.2) is 4.98 Å². The fourth-order valence-corrected chi connectivity index (χ4v) is 3.70. The van der Waals surface area contributed by atoms with Crippen LogP contribution in [0.1, 0.15) is 51.6 Å². The minimum absolute atomic E-state index is 0.255. The van der Waals surface area contributed by atoms with E-state index in [0.717, 1.165) is 31.5 Å². The highest BCUT2D eigenvalue weighted by atomic mass is 16.6. The van der Waals surface area contributed by atoms with Crippen molar-refractivity contribution in [2.24, 2.45) is 5.92 Å². The fraction of sp³-hybridized carbons (Fsp3) is 0.462. The number of ether oxygens (including phenoxy) is 1. The van der Waals surface area contributed by atoms with Crippen LogP contribution in [-0.4, -0.2) is 46.7 Å². The standard InChI is InChI=1S/C26H36N6O2/c1-5-7-13-21(6-2)18-31(19-22-14-11-12-17-27-22)24-28-20-29-25(30-24)32(3,4)26(33)34-23-15-9-8-10-16-23/h8-9,11-12,14-17,20-21H,5-7,10,13,18-19H2,1-4H3/q+1. The summed E-state index contributed by atoms with van der Waals surface area (Å²) in [5, 5.41) is 0. The molecule has 1 aliphatic rings. The maximum Gasteiger partial charge on any atom is 0.528 e. The first-order valence-electron chi connectivity index (χ1n) is 12.0. The molecule has 0 fully saturated rings. The molecule has 2 aromatic heterocycles. The molecule has 1 atom stereocenters. The SMILES string of the molecule is CCCCC(CC)CN(Cc1ccccn1)c1ncnc([N+](C)(C)C(=O)OC2=CC[CH]C=C2)n1. The summed E-state index contributed by atoms with van der Waals surface area (Å²) in [6.07, 6.45) is 15.6. The summed E-state index contributed by atoms with van der Waals surface area (Å²) in [4.78, 5) is 33.2. The van der Waals surface area contributed by atoms with Crippen molar-refractivity contribution in [2.45, 2.75) is 52.5 Å². The van der Waals surface area contributed by atoms with E-state index < -0.39 is 6.09 Å². The third-order valence-corrected chi connectivity index (χ3v) is 5.94. The van der Waals surface area contributed by atoms with Gasteiger partial charge in [-0.1, -0.05) is 45.3 Å². The van der Waals surface area contributed by atoms with E-state index in [2.05, 4.69) is 33.7 Å². The van der Waals surface area contributed by atoms with Crippen LogP contribution in [-0.2, 0) is 11.3 Å². The van der Waals surface area contributed by atoms with Crippen molar-refractivity contribution in [3.05, 3.63) is 66.8 Å². The molecule has 8 nitrogen and oxygen atoms in total. The van der Waals surface area contributed by atoms with Crippen LogP contribution in [0, 0.1) is 12.3 Å². The number of hydrogen-bond donors (Lipinski definition) is 0. The Kier molecular flexibility index (Phi) is 9.27. The molecule has 0 aromatic carbocycles. The second kappa shape index (κ2) is 12.4. The Morgan fingerprint density at radius 3 is 2.74 bits per heavy atom. The summed E-state index contributed by atoms with van der Waals surface area (Å²) in [5.41, 5.74) is 0.941. The zero-order valence-corrected chi connectivity index (χ0v) is 20.7. The molecule has 0 saturated heterocycles. The highest BCUT2D eigenvalue weighted by Crippen LogP contribution is 2.23. The molecule has 1 unspecified atom stereocenters. The number of pyridine rings is 1. The lowest BCUT2D eigenvalue weighted by Crippen LogP contribution is -2.48. The van der Waals surface area contributed by atoms with Crippen LogP contribution in [0.15, 0.2) is 54.7 Å². The third kappa shape index (κ3) is 6.93. The van der Waals surface area contributed by atoms with Gasteiger partial charge in [-0.2, -0.15) is 14.3 Å². The summed E-state index contributed by atoms with van der Waals surface area (Å²) >= 11 is 0. The number of quaternary nitrogens is 1. The number of aromatic nitrogens is 4. The highest BCUT2D eigenvalue weighted by Gasteiger charge is 2.36. The Morgan fingerprint density at radius 2 is 2.06 bits per heavy atom. The fourth-order valence-electron chi connectivity index (χ4n) is 3.70. The van der Waals surface area contributed by atoms with Crippen molar-refractivity contribution in [3.8, 4) is 0 Å². The predicted molar refractivity (Wildman–Crippen MR) is 135 cm³/mol. The van der Waals surface area contributed by atoms with Gasteiger partial charge in [-0.15, -0.1) is 4.98 Å². The molecule has 0 bridgehead atoms. The molecule has 2 heterocycles. The lowest BCUT2D eigenvalue weighted by Gasteiger charge is -2.28. The second-order valence-electron chi connectivity index (χ2n) is 8.96. The van der Waals surface area contributed by atoms with Gasteiger partial charge in [0.05, 0.1) is 26.3 Å². The van der Waals surface area contributed by atoms with Gasteiger partial charge in [0, 0.05) is 12.7 Å². The van der Waals surface area contributed by atoms with Crippen LogP contribution in [0.4, 0.5) is 16.7 Å². The van der Waals surface area contributed by atoms with Crippen molar-refractivity contribution in [3.63, 3.8) is 0 Å². The van der Waals surface area contributed by atoms with Crippen molar-refractivity contribution in [1.82, 2.24) is 24.4 Å². The van der Waals surface area contributed by atoms with Crippen molar-refractivity contribution < 1.29 is 9.53 Å². The van der Waals surface area contributed by atoms with Gasteiger partial charge in [-0.05, 0) is 49.5 Å². The van der Waals surface area contributed by atoms with E-state index in [4.69, 9.17) is 9.72 Å². The summed E-state index contributed by atoms with van der Waals surface area (Å²) in [5.74, 6) is 1.91. The summed E-state index contributed by atoms with van der Waals surface area (Å²) in [7, 11) is 3.44. The summed E-state index contributed by atoms with van der Waals surface area (Å²) in [6, 6.07) is 5.89. The maximum absolute atomic E-state index is 13.0. The molecule has 181 valence electrons. The van der Waals surface area contributed by atoms with Crippen LogP contribution in [0.2, 0.25) is 0 Å². The number of amides is 1. The molecule has 3 rings (SSSR count). The zero-order valence-electron chi connectivity index (χ0n) is 20.7. The molecule has 1 radical (unpaired) electrons. The van der Waals surface area contributed by atoms with Crippen LogP contribution in [0.5, 0.6) is 0 Å². The number of rotatable bonds is 11. The first-order chi connectivity index (χ1) is 16.4. The number of allylic oxidation sites excluding steroid dienone is 3. The highest BCUT2D eigenvalue weighted by molar-refractivity contribution is 5.80. The number of carbonyl (C=O) groups excluding carboxylic acids is 1. The number of carbonyl (C=O) groups is 1. The smallest absolute Gasteiger partial charge is 0.381 e. The summed E-state index contributed by atoms with van der Waals surface area (Å²) < 4.78 is 5.34. The Hall–Kier alpha value is -3.13.